The molecule has 1 saturated heterocycles. The van der Waals surface area contributed by atoms with E-state index in [1.165, 1.54) is 0 Å². The summed E-state index contributed by atoms with van der Waals surface area (Å²) in [6.07, 6.45) is 0.535. The minimum absolute atomic E-state index is 0.0585. The Bertz CT molecular complexity index is 478. The molecule has 2 rings (SSSR count). The van der Waals surface area contributed by atoms with Crippen LogP contribution in [0.2, 0.25) is 0 Å². The first-order valence-corrected chi connectivity index (χ1v) is 6.31. The average Bonchev–Trinajstić information content (AvgIpc) is 2.82. The predicted octanol–water partition coefficient (Wildman–Crippen LogP) is 1.13. The van der Waals surface area contributed by atoms with E-state index < -0.39 is 0 Å². The third-order valence-electron chi connectivity index (χ3n) is 3.15. The summed E-state index contributed by atoms with van der Waals surface area (Å²) < 4.78 is 5.20. The van der Waals surface area contributed by atoms with Gasteiger partial charge in [0.15, 0.2) is 6.61 Å². The van der Waals surface area contributed by atoms with Crippen molar-refractivity contribution in [2.75, 3.05) is 13.2 Å². The van der Waals surface area contributed by atoms with E-state index in [-0.39, 0.29) is 24.6 Å². The summed E-state index contributed by atoms with van der Waals surface area (Å²) in [7, 11) is 0. The van der Waals surface area contributed by atoms with Crippen LogP contribution in [0, 0.1) is 11.3 Å². The lowest BCUT2D eigenvalue weighted by atomic mass is 10.1. The lowest BCUT2D eigenvalue weighted by molar-refractivity contribution is -0.119. The van der Waals surface area contributed by atoms with Gasteiger partial charge in [0.2, 0.25) is 5.91 Å². The van der Waals surface area contributed by atoms with Gasteiger partial charge in [0.25, 0.3) is 0 Å². The number of nitrogens with one attached hydrogen (secondary N) is 2. The molecule has 1 amide bonds. The second-order valence-corrected chi connectivity index (χ2v) is 4.61. The highest BCUT2D eigenvalue weighted by molar-refractivity contribution is 5.78. The van der Waals surface area contributed by atoms with Crippen molar-refractivity contribution < 1.29 is 9.53 Å². The summed E-state index contributed by atoms with van der Waals surface area (Å²) in [4.78, 5) is 11.1. The van der Waals surface area contributed by atoms with E-state index >= 15 is 0 Å². The third-order valence-corrected chi connectivity index (χ3v) is 3.15. The SMILES string of the molecule is CC(NC1CNC(=O)C1)c1ccc(OCC#N)cc1. The molecule has 1 fully saturated rings. The fourth-order valence-electron chi connectivity index (χ4n) is 2.14. The Balaban J connectivity index is 1.90. The Hall–Kier alpha value is -2.06. The predicted molar refractivity (Wildman–Crippen MR) is 70.5 cm³/mol. The molecule has 1 heterocycles. The Kier molecular flexibility index (Phi) is 4.37. The van der Waals surface area contributed by atoms with E-state index in [2.05, 4.69) is 17.6 Å². The Morgan fingerprint density at radius 1 is 1.53 bits per heavy atom. The largest absolute Gasteiger partial charge is 0.479 e. The maximum Gasteiger partial charge on any atom is 0.221 e. The molecule has 1 aromatic carbocycles. The van der Waals surface area contributed by atoms with Gasteiger partial charge in [-0.1, -0.05) is 12.1 Å². The number of carbonyl (C=O) groups is 1. The normalized spacial score (nSPS) is 19.6. The molecule has 0 bridgehead atoms. The van der Waals surface area contributed by atoms with Crippen LogP contribution in [0.1, 0.15) is 24.9 Å². The van der Waals surface area contributed by atoms with E-state index in [0.717, 1.165) is 5.56 Å². The summed E-state index contributed by atoms with van der Waals surface area (Å²) in [5.41, 5.74) is 1.13. The van der Waals surface area contributed by atoms with Crippen molar-refractivity contribution in [3.05, 3.63) is 29.8 Å². The number of benzene rings is 1. The fourth-order valence-corrected chi connectivity index (χ4v) is 2.14. The fraction of sp³-hybridized carbons (Fsp3) is 0.429. The summed E-state index contributed by atoms with van der Waals surface area (Å²) in [6.45, 7) is 2.81. The van der Waals surface area contributed by atoms with E-state index in [1.54, 1.807) is 0 Å². The molecule has 1 aromatic rings. The van der Waals surface area contributed by atoms with Gasteiger partial charge in [0.05, 0.1) is 0 Å². The lowest BCUT2D eigenvalue weighted by Gasteiger charge is -2.18. The van der Waals surface area contributed by atoms with Crippen molar-refractivity contribution in [3.8, 4) is 11.8 Å². The maximum atomic E-state index is 11.1. The van der Waals surface area contributed by atoms with Crippen LogP contribution < -0.4 is 15.4 Å². The number of nitriles is 1. The molecule has 100 valence electrons. The topological polar surface area (TPSA) is 74.2 Å². The first-order chi connectivity index (χ1) is 9.19. The molecule has 0 aliphatic carbocycles. The summed E-state index contributed by atoms with van der Waals surface area (Å²) in [5, 5.41) is 14.7. The Morgan fingerprint density at radius 2 is 2.26 bits per heavy atom. The van der Waals surface area contributed by atoms with Crippen LogP contribution in [-0.4, -0.2) is 25.1 Å². The molecule has 5 heteroatoms. The van der Waals surface area contributed by atoms with Gasteiger partial charge < -0.3 is 15.4 Å². The minimum Gasteiger partial charge on any atom is -0.479 e. The molecule has 19 heavy (non-hydrogen) atoms. The number of hydrogen-bond donors (Lipinski definition) is 2. The molecule has 5 nitrogen and oxygen atoms in total. The van der Waals surface area contributed by atoms with Crippen LogP contribution in [0.25, 0.3) is 0 Å². The monoisotopic (exact) mass is 259 g/mol. The quantitative estimate of drug-likeness (QED) is 0.831. The van der Waals surface area contributed by atoms with Crippen molar-refractivity contribution in [1.82, 2.24) is 10.6 Å². The van der Waals surface area contributed by atoms with Crippen LogP contribution in [0.3, 0.4) is 0 Å². The van der Waals surface area contributed by atoms with Gasteiger partial charge in [-0.2, -0.15) is 5.26 Å². The van der Waals surface area contributed by atoms with Crippen LogP contribution in [0.4, 0.5) is 0 Å². The zero-order chi connectivity index (χ0) is 13.7. The van der Waals surface area contributed by atoms with Crippen molar-refractivity contribution in [3.63, 3.8) is 0 Å². The molecule has 0 saturated carbocycles. The molecule has 1 aliphatic heterocycles. The molecule has 2 atom stereocenters. The van der Waals surface area contributed by atoms with Crippen LogP contribution in [0.5, 0.6) is 5.75 Å². The molecule has 0 aromatic heterocycles. The second kappa shape index (κ2) is 6.21. The molecular formula is C14H17N3O2. The maximum absolute atomic E-state index is 11.1. The standard InChI is InChI=1S/C14H17N3O2/c1-10(17-12-8-14(18)16-9-12)11-2-4-13(5-3-11)19-7-6-15/h2-5,10,12,17H,7-9H2,1H3,(H,16,18). The molecule has 0 spiro atoms. The van der Waals surface area contributed by atoms with Crippen molar-refractivity contribution >= 4 is 5.91 Å². The third kappa shape index (κ3) is 3.70. The zero-order valence-electron chi connectivity index (χ0n) is 10.8. The number of ether oxygens (including phenoxy) is 1. The lowest BCUT2D eigenvalue weighted by Crippen LogP contribution is -2.33. The van der Waals surface area contributed by atoms with Crippen LogP contribution in [0.15, 0.2) is 24.3 Å². The summed E-state index contributed by atoms with van der Waals surface area (Å²) in [6, 6.07) is 9.93. The Morgan fingerprint density at radius 3 is 2.84 bits per heavy atom. The van der Waals surface area contributed by atoms with E-state index in [0.29, 0.717) is 18.7 Å². The molecule has 2 N–H and O–H groups in total. The van der Waals surface area contributed by atoms with Gasteiger partial charge >= 0.3 is 0 Å². The molecule has 2 unspecified atom stereocenters. The first kappa shape index (κ1) is 13.4. The molecule has 1 aliphatic rings. The molecule has 0 radical (unpaired) electrons. The highest BCUT2D eigenvalue weighted by Gasteiger charge is 2.22. The number of hydrogen-bond acceptors (Lipinski definition) is 4. The highest BCUT2D eigenvalue weighted by atomic mass is 16.5. The summed E-state index contributed by atoms with van der Waals surface area (Å²) >= 11 is 0. The highest BCUT2D eigenvalue weighted by Crippen LogP contribution is 2.18. The zero-order valence-corrected chi connectivity index (χ0v) is 10.8. The van der Waals surface area contributed by atoms with E-state index in [1.807, 2.05) is 30.3 Å². The van der Waals surface area contributed by atoms with Crippen molar-refractivity contribution in [2.24, 2.45) is 0 Å². The number of rotatable bonds is 5. The average molecular weight is 259 g/mol. The van der Waals surface area contributed by atoms with E-state index in [9.17, 15) is 4.79 Å². The van der Waals surface area contributed by atoms with Crippen LogP contribution in [-0.2, 0) is 4.79 Å². The van der Waals surface area contributed by atoms with Gasteiger partial charge in [0.1, 0.15) is 11.8 Å². The van der Waals surface area contributed by atoms with Crippen molar-refractivity contribution in [2.45, 2.75) is 25.4 Å². The molecular weight excluding hydrogens is 242 g/mol. The van der Waals surface area contributed by atoms with Gasteiger partial charge in [0, 0.05) is 25.0 Å². The minimum atomic E-state index is 0.0585. The van der Waals surface area contributed by atoms with Crippen LogP contribution >= 0.6 is 0 Å². The van der Waals surface area contributed by atoms with Gasteiger partial charge in [-0.15, -0.1) is 0 Å². The van der Waals surface area contributed by atoms with Gasteiger partial charge in [-0.05, 0) is 24.6 Å². The number of nitrogens with zero attached hydrogens (tertiary/aromatic N) is 1. The number of amides is 1. The summed E-state index contributed by atoms with van der Waals surface area (Å²) in [5.74, 6) is 0.792. The van der Waals surface area contributed by atoms with Crippen molar-refractivity contribution in [1.29, 1.82) is 5.26 Å². The Labute approximate surface area is 112 Å². The first-order valence-electron chi connectivity index (χ1n) is 6.31. The number of carbonyl (C=O) groups excluding carboxylic acids is 1. The smallest absolute Gasteiger partial charge is 0.221 e. The van der Waals surface area contributed by atoms with Gasteiger partial charge in [-0.3, -0.25) is 4.79 Å². The van der Waals surface area contributed by atoms with Gasteiger partial charge in [-0.25, -0.2) is 0 Å². The van der Waals surface area contributed by atoms with E-state index in [4.69, 9.17) is 10.00 Å². The second-order valence-electron chi connectivity index (χ2n) is 4.61.